The summed E-state index contributed by atoms with van der Waals surface area (Å²) in [6, 6.07) is 6.02. The molecule has 0 radical (unpaired) electrons. The van der Waals surface area contributed by atoms with Crippen LogP contribution in [-0.4, -0.2) is 28.4 Å². The molecule has 0 aliphatic carbocycles. The number of hydrogen-bond donors (Lipinski definition) is 2. The first-order chi connectivity index (χ1) is 12.0. The molecule has 6 nitrogen and oxygen atoms in total. The van der Waals surface area contributed by atoms with Gasteiger partial charge in [-0.25, -0.2) is 4.79 Å². The van der Waals surface area contributed by atoms with Gasteiger partial charge < -0.3 is 9.52 Å². The second-order valence-corrected chi connectivity index (χ2v) is 7.62. The predicted molar refractivity (Wildman–Crippen MR) is 99.5 cm³/mol. The van der Waals surface area contributed by atoms with Crippen LogP contribution in [0.4, 0.5) is 0 Å². The van der Waals surface area contributed by atoms with Crippen molar-refractivity contribution < 1.29 is 19.1 Å². The summed E-state index contributed by atoms with van der Waals surface area (Å²) in [6.45, 7) is 7.49. The minimum absolute atomic E-state index is 0.0543. The number of fused-ring (bicyclic) bond motifs is 1. The second kappa shape index (κ2) is 7.83. The second-order valence-electron chi connectivity index (χ2n) is 7.62. The average Bonchev–Trinajstić information content (AvgIpc) is 2.49. The van der Waals surface area contributed by atoms with Crippen molar-refractivity contribution in [3.05, 3.63) is 45.8 Å². The lowest BCUT2D eigenvalue weighted by Gasteiger charge is -2.25. The SMILES string of the molecule is Cc1cc(=O)oc2cc(CC(=O)CC[C@H](NC(C)(C)C)C(=O)O)ccc12. The number of rotatable bonds is 7. The quantitative estimate of drug-likeness (QED) is 0.738. The molecule has 2 N–H and O–H groups in total. The van der Waals surface area contributed by atoms with E-state index in [0.29, 0.717) is 5.58 Å². The lowest BCUT2D eigenvalue weighted by molar-refractivity contribution is -0.140. The molecule has 2 aromatic rings. The van der Waals surface area contributed by atoms with E-state index in [0.717, 1.165) is 16.5 Å². The Labute approximate surface area is 152 Å². The van der Waals surface area contributed by atoms with Crippen LogP contribution in [0.25, 0.3) is 11.0 Å². The van der Waals surface area contributed by atoms with Crippen molar-refractivity contribution in [2.75, 3.05) is 0 Å². The number of hydrogen-bond acceptors (Lipinski definition) is 5. The van der Waals surface area contributed by atoms with Gasteiger partial charge in [0, 0.05) is 29.8 Å². The zero-order valence-corrected chi connectivity index (χ0v) is 15.6. The van der Waals surface area contributed by atoms with Crippen LogP contribution < -0.4 is 10.9 Å². The lowest BCUT2D eigenvalue weighted by Crippen LogP contribution is -2.47. The molecule has 0 saturated carbocycles. The number of ketones is 1. The van der Waals surface area contributed by atoms with Crippen LogP contribution in [0.2, 0.25) is 0 Å². The smallest absolute Gasteiger partial charge is 0.336 e. The zero-order chi connectivity index (χ0) is 19.5. The van der Waals surface area contributed by atoms with Gasteiger partial charge >= 0.3 is 11.6 Å². The molecule has 6 heteroatoms. The molecule has 0 aliphatic rings. The van der Waals surface area contributed by atoms with Crippen LogP contribution in [-0.2, 0) is 16.0 Å². The number of nitrogens with one attached hydrogen (secondary N) is 1. The van der Waals surface area contributed by atoms with Gasteiger partial charge in [-0.05, 0) is 51.3 Å². The minimum atomic E-state index is -0.962. The molecular weight excluding hydrogens is 334 g/mol. The highest BCUT2D eigenvalue weighted by molar-refractivity contribution is 5.85. The highest BCUT2D eigenvalue weighted by atomic mass is 16.4. The molecule has 0 amide bonds. The van der Waals surface area contributed by atoms with Gasteiger partial charge in [-0.3, -0.25) is 14.9 Å². The molecule has 0 bridgehead atoms. The Morgan fingerprint density at radius 3 is 2.54 bits per heavy atom. The van der Waals surface area contributed by atoms with E-state index in [-0.39, 0.29) is 30.6 Å². The summed E-state index contributed by atoms with van der Waals surface area (Å²) in [5.41, 5.74) is 1.26. The highest BCUT2D eigenvalue weighted by Crippen LogP contribution is 2.19. The molecule has 26 heavy (non-hydrogen) atoms. The molecule has 1 atom stereocenters. The van der Waals surface area contributed by atoms with Crippen LogP contribution in [0.3, 0.4) is 0 Å². The molecule has 1 heterocycles. The fraction of sp³-hybridized carbons (Fsp3) is 0.450. The minimum Gasteiger partial charge on any atom is -0.480 e. The average molecular weight is 359 g/mol. The Morgan fingerprint density at radius 2 is 1.92 bits per heavy atom. The molecule has 1 aromatic heterocycles. The Morgan fingerprint density at radius 1 is 1.23 bits per heavy atom. The van der Waals surface area contributed by atoms with Gasteiger partial charge in [0.15, 0.2) is 0 Å². The summed E-state index contributed by atoms with van der Waals surface area (Å²) in [5.74, 6) is -1.02. The van der Waals surface area contributed by atoms with Gasteiger partial charge in [0.05, 0.1) is 0 Å². The maximum atomic E-state index is 12.3. The molecule has 0 fully saturated rings. The van der Waals surface area contributed by atoms with E-state index in [1.807, 2.05) is 39.8 Å². The van der Waals surface area contributed by atoms with Crippen molar-refractivity contribution in [3.63, 3.8) is 0 Å². The highest BCUT2D eigenvalue weighted by Gasteiger charge is 2.23. The number of carbonyl (C=O) groups is 2. The van der Waals surface area contributed by atoms with Crippen LogP contribution in [0.15, 0.2) is 33.5 Å². The molecule has 2 rings (SSSR count). The van der Waals surface area contributed by atoms with E-state index in [1.54, 1.807) is 6.07 Å². The van der Waals surface area contributed by atoms with E-state index in [1.165, 1.54) is 6.07 Å². The molecule has 0 spiro atoms. The Kier molecular flexibility index (Phi) is 5.97. The summed E-state index contributed by atoms with van der Waals surface area (Å²) < 4.78 is 5.19. The number of carbonyl (C=O) groups excluding carboxylic acids is 1. The topological polar surface area (TPSA) is 96.6 Å². The van der Waals surface area contributed by atoms with Gasteiger partial charge in [-0.15, -0.1) is 0 Å². The third-order valence-corrected chi connectivity index (χ3v) is 4.03. The van der Waals surface area contributed by atoms with Crippen LogP contribution in [0, 0.1) is 6.92 Å². The van der Waals surface area contributed by atoms with Gasteiger partial charge in [0.1, 0.15) is 17.4 Å². The van der Waals surface area contributed by atoms with Gasteiger partial charge in [-0.1, -0.05) is 12.1 Å². The number of benzene rings is 1. The number of carboxylic acid groups (broad SMARTS) is 1. The monoisotopic (exact) mass is 359 g/mol. The number of aryl methyl sites for hydroxylation is 1. The molecule has 0 unspecified atom stereocenters. The third kappa shape index (κ3) is 5.52. The fourth-order valence-electron chi connectivity index (χ4n) is 2.88. The van der Waals surface area contributed by atoms with E-state index in [9.17, 15) is 19.5 Å². The normalized spacial score (nSPS) is 12.9. The first-order valence-electron chi connectivity index (χ1n) is 8.61. The Balaban J connectivity index is 2.04. The number of Topliss-reactive ketones (excluding diaryl/α,β-unsaturated/α-hetero) is 1. The van der Waals surface area contributed by atoms with E-state index in [2.05, 4.69) is 5.32 Å². The molecule has 0 aliphatic heterocycles. The van der Waals surface area contributed by atoms with Crippen LogP contribution in [0.5, 0.6) is 0 Å². The zero-order valence-electron chi connectivity index (χ0n) is 15.6. The fourth-order valence-corrected chi connectivity index (χ4v) is 2.88. The number of aliphatic carboxylic acids is 1. The van der Waals surface area contributed by atoms with E-state index in [4.69, 9.17) is 4.42 Å². The Hall–Kier alpha value is -2.47. The summed E-state index contributed by atoms with van der Waals surface area (Å²) in [6.07, 6.45) is 0.568. The summed E-state index contributed by atoms with van der Waals surface area (Å²) in [7, 11) is 0. The van der Waals surface area contributed by atoms with E-state index >= 15 is 0 Å². The molecule has 1 aromatic carbocycles. The number of carboxylic acids is 1. The van der Waals surface area contributed by atoms with Crippen molar-refractivity contribution in [1.82, 2.24) is 5.32 Å². The Bertz CT molecular complexity index is 876. The molecule has 140 valence electrons. The van der Waals surface area contributed by atoms with Gasteiger partial charge in [0.2, 0.25) is 0 Å². The van der Waals surface area contributed by atoms with Crippen molar-refractivity contribution in [1.29, 1.82) is 0 Å². The maximum Gasteiger partial charge on any atom is 0.336 e. The van der Waals surface area contributed by atoms with Crippen molar-refractivity contribution in [2.24, 2.45) is 0 Å². The molecule has 0 saturated heterocycles. The third-order valence-electron chi connectivity index (χ3n) is 4.03. The largest absolute Gasteiger partial charge is 0.480 e. The van der Waals surface area contributed by atoms with Crippen molar-refractivity contribution in [3.8, 4) is 0 Å². The first kappa shape index (κ1) is 19.8. The van der Waals surface area contributed by atoms with Crippen LogP contribution >= 0.6 is 0 Å². The summed E-state index contributed by atoms with van der Waals surface area (Å²) in [4.78, 5) is 35.1. The van der Waals surface area contributed by atoms with Gasteiger partial charge in [0.25, 0.3) is 0 Å². The standard InChI is InChI=1S/C20H25NO5/c1-12-9-18(23)26-17-11-13(5-7-15(12)17)10-14(22)6-8-16(19(24)25)21-20(2,3)4/h5,7,9,11,16,21H,6,8,10H2,1-4H3,(H,24,25)/t16-/m0/s1. The van der Waals surface area contributed by atoms with E-state index < -0.39 is 17.6 Å². The van der Waals surface area contributed by atoms with Gasteiger partial charge in [-0.2, -0.15) is 0 Å². The summed E-state index contributed by atoms with van der Waals surface area (Å²) >= 11 is 0. The van der Waals surface area contributed by atoms with Crippen LogP contribution in [0.1, 0.15) is 44.7 Å². The lowest BCUT2D eigenvalue weighted by atomic mass is 9.99. The first-order valence-corrected chi connectivity index (χ1v) is 8.61. The maximum absolute atomic E-state index is 12.3. The molecular formula is C20H25NO5. The summed E-state index contributed by atoms with van der Waals surface area (Å²) in [5, 5.41) is 13.1. The van der Waals surface area contributed by atoms with Crippen molar-refractivity contribution in [2.45, 2.75) is 58.5 Å². The van der Waals surface area contributed by atoms with Crippen molar-refractivity contribution >= 4 is 22.7 Å². The predicted octanol–water partition coefficient (Wildman–Crippen LogP) is 2.83.